The fourth-order valence-electron chi connectivity index (χ4n) is 4.10. The number of tetrazole rings is 1. The van der Waals surface area contributed by atoms with Gasteiger partial charge in [0.1, 0.15) is 0 Å². The summed E-state index contributed by atoms with van der Waals surface area (Å²) in [5.74, 6) is 2.43. The molecular weight excluding hydrogens is 366 g/mol. The van der Waals surface area contributed by atoms with Gasteiger partial charge >= 0.3 is 0 Å². The van der Waals surface area contributed by atoms with Gasteiger partial charge in [-0.3, -0.25) is 4.90 Å². The number of hydrogen-bond acceptors (Lipinski definition) is 6. The van der Waals surface area contributed by atoms with Crippen molar-refractivity contribution in [3.05, 3.63) is 65.0 Å². The summed E-state index contributed by atoms with van der Waals surface area (Å²) in [5, 5.41) is 12.3. The van der Waals surface area contributed by atoms with E-state index in [9.17, 15) is 0 Å². The Labute approximate surface area is 171 Å². The Kier molecular flexibility index (Phi) is 5.76. The van der Waals surface area contributed by atoms with E-state index in [1.807, 2.05) is 10.7 Å². The third-order valence-corrected chi connectivity index (χ3v) is 5.47. The minimum atomic E-state index is 0.103. The van der Waals surface area contributed by atoms with Crippen LogP contribution in [0.3, 0.4) is 0 Å². The summed E-state index contributed by atoms with van der Waals surface area (Å²) in [7, 11) is 3.36. The molecular formula is C22H27N5O2. The summed E-state index contributed by atoms with van der Waals surface area (Å²) in [6.45, 7) is 4.57. The average molecular weight is 393 g/mol. The van der Waals surface area contributed by atoms with Gasteiger partial charge in [0.2, 0.25) is 0 Å². The largest absolute Gasteiger partial charge is 0.493 e. The average Bonchev–Trinajstić information content (AvgIpc) is 3.20. The molecule has 0 saturated heterocycles. The Bertz CT molecular complexity index is 957. The molecule has 0 bridgehead atoms. The van der Waals surface area contributed by atoms with Crippen LogP contribution >= 0.6 is 0 Å². The van der Waals surface area contributed by atoms with Gasteiger partial charge in [-0.1, -0.05) is 37.3 Å². The third-order valence-electron chi connectivity index (χ3n) is 5.47. The molecule has 0 saturated carbocycles. The first-order chi connectivity index (χ1) is 14.2. The van der Waals surface area contributed by atoms with Crippen LogP contribution in [0.4, 0.5) is 0 Å². The standard InChI is InChI=1S/C22H27N5O2/c1-4-11-27-21(23-24-25-27)15-26-12-10-17-13-19(28-2)20(29-3)14-18(17)22(26)16-8-6-5-7-9-16/h5-9,13-14,22H,4,10-12,15H2,1-3H3/t22-/m1/s1. The Morgan fingerprint density at radius 2 is 1.83 bits per heavy atom. The number of aryl methyl sites for hydroxylation is 1. The Hall–Kier alpha value is -2.93. The van der Waals surface area contributed by atoms with E-state index in [4.69, 9.17) is 9.47 Å². The lowest BCUT2D eigenvalue weighted by Crippen LogP contribution is -2.36. The van der Waals surface area contributed by atoms with Crippen LogP contribution < -0.4 is 9.47 Å². The molecule has 0 unspecified atom stereocenters. The zero-order chi connectivity index (χ0) is 20.2. The van der Waals surface area contributed by atoms with Crippen molar-refractivity contribution in [1.29, 1.82) is 0 Å². The Morgan fingerprint density at radius 3 is 2.55 bits per heavy atom. The smallest absolute Gasteiger partial charge is 0.165 e. The second kappa shape index (κ2) is 8.61. The molecule has 1 aromatic heterocycles. The van der Waals surface area contributed by atoms with Crippen LogP contribution in [0.1, 0.15) is 41.9 Å². The zero-order valence-corrected chi connectivity index (χ0v) is 17.2. The molecule has 2 aromatic carbocycles. The molecule has 4 rings (SSSR count). The summed E-state index contributed by atoms with van der Waals surface area (Å²) in [6.07, 6.45) is 1.94. The minimum absolute atomic E-state index is 0.103. The van der Waals surface area contributed by atoms with Crippen molar-refractivity contribution in [3.63, 3.8) is 0 Å². The van der Waals surface area contributed by atoms with Gasteiger partial charge in [-0.05, 0) is 52.1 Å². The lowest BCUT2D eigenvalue weighted by molar-refractivity contribution is 0.194. The van der Waals surface area contributed by atoms with Crippen molar-refractivity contribution in [2.24, 2.45) is 0 Å². The molecule has 152 valence electrons. The van der Waals surface area contributed by atoms with Crippen LogP contribution in [0.15, 0.2) is 42.5 Å². The van der Waals surface area contributed by atoms with Gasteiger partial charge in [0.15, 0.2) is 17.3 Å². The molecule has 1 aliphatic heterocycles. The highest BCUT2D eigenvalue weighted by Crippen LogP contribution is 2.41. The molecule has 29 heavy (non-hydrogen) atoms. The van der Waals surface area contributed by atoms with Crippen molar-refractivity contribution in [2.45, 2.75) is 38.9 Å². The molecule has 1 atom stereocenters. The number of aromatic nitrogens is 4. The van der Waals surface area contributed by atoms with Crippen LogP contribution in [-0.2, 0) is 19.5 Å². The molecule has 0 radical (unpaired) electrons. The van der Waals surface area contributed by atoms with Gasteiger partial charge in [-0.2, -0.15) is 0 Å². The van der Waals surface area contributed by atoms with Gasteiger partial charge in [-0.25, -0.2) is 4.68 Å². The van der Waals surface area contributed by atoms with Crippen LogP contribution in [0.5, 0.6) is 11.5 Å². The van der Waals surface area contributed by atoms with Gasteiger partial charge in [0, 0.05) is 13.1 Å². The van der Waals surface area contributed by atoms with Crippen LogP contribution in [0.25, 0.3) is 0 Å². The lowest BCUT2D eigenvalue weighted by atomic mass is 9.87. The highest BCUT2D eigenvalue weighted by molar-refractivity contribution is 5.51. The maximum absolute atomic E-state index is 5.60. The van der Waals surface area contributed by atoms with Crippen molar-refractivity contribution in [2.75, 3.05) is 20.8 Å². The van der Waals surface area contributed by atoms with E-state index in [0.29, 0.717) is 6.54 Å². The van der Waals surface area contributed by atoms with Crippen LogP contribution in [0.2, 0.25) is 0 Å². The number of fused-ring (bicyclic) bond motifs is 1. The summed E-state index contributed by atoms with van der Waals surface area (Å²) in [4.78, 5) is 2.45. The number of nitrogens with zero attached hydrogens (tertiary/aromatic N) is 5. The maximum atomic E-state index is 5.60. The van der Waals surface area contributed by atoms with E-state index in [1.165, 1.54) is 16.7 Å². The molecule has 0 N–H and O–H groups in total. The fourth-order valence-corrected chi connectivity index (χ4v) is 4.10. The normalized spacial score (nSPS) is 16.4. The van der Waals surface area contributed by atoms with Crippen molar-refractivity contribution >= 4 is 0 Å². The van der Waals surface area contributed by atoms with E-state index in [0.717, 1.165) is 43.3 Å². The Balaban J connectivity index is 1.76. The first kappa shape index (κ1) is 19.4. The monoisotopic (exact) mass is 393 g/mol. The maximum Gasteiger partial charge on any atom is 0.165 e. The molecule has 0 spiro atoms. The molecule has 7 nitrogen and oxygen atoms in total. The van der Waals surface area contributed by atoms with E-state index >= 15 is 0 Å². The van der Waals surface area contributed by atoms with E-state index in [-0.39, 0.29) is 6.04 Å². The highest BCUT2D eigenvalue weighted by atomic mass is 16.5. The first-order valence-corrected chi connectivity index (χ1v) is 10.0. The second-order valence-corrected chi connectivity index (χ2v) is 7.26. The molecule has 0 aliphatic carbocycles. The summed E-state index contributed by atoms with van der Waals surface area (Å²) < 4.78 is 13.0. The highest BCUT2D eigenvalue weighted by Gasteiger charge is 2.31. The summed E-state index contributed by atoms with van der Waals surface area (Å²) >= 11 is 0. The van der Waals surface area contributed by atoms with Gasteiger partial charge in [0.25, 0.3) is 0 Å². The van der Waals surface area contributed by atoms with Gasteiger partial charge < -0.3 is 9.47 Å². The number of benzene rings is 2. The van der Waals surface area contributed by atoms with Gasteiger partial charge in [-0.15, -0.1) is 5.10 Å². The van der Waals surface area contributed by atoms with Crippen LogP contribution in [-0.4, -0.2) is 45.9 Å². The molecule has 2 heterocycles. The molecule has 0 fully saturated rings. The van der Waals surface area contributed by atoms with E-state index in [1.54, 1.807) is 14.2 Å². The number of hydrogen-bond donors (Lipinski definition) is 0. The number of rotatable bonds is 7. The molecule has 0 amide bonds. The second-order valence-electron chi connectivity index (χ2n) is 7.26. The van der Waals surface area contributed by atoms with Gasteiger partial charge in [0.05, 0.1) is 26.8 Å². The lowest BCUT2D eigenvalue weighted by Gasteiger charge is -2.37. The van der Waals surface area contributed by atoms with Crippen molar-refractivity contribution < 1.29 is 9.47 Å². The predicted molar refractivity (Wildman–Crippen MR) is 110 cm³/mol. The van der Waals surface area contributed by atoms with Crippen molar-refractivity contribution in [3.8, 4) is 11.5 Å². The Morgan fingerprint density at radius 1 is 1.07 bits per heavy atom. The molecule has 7 heteroatoms. The first-order valence-electron chi connectivity index (χ1n) is 10.0. The number of ether oxygens (including phenoxy) is 2. The minimum Gasteiger partial charge on any atom is -0.493 e. The predicted octanol–water partition coefficient (Wildman–Crippen LogP) is 3.25. The molecule has 1 aliphatic rings. The summed E-state index contributed by atoms with van der Waals surface area (Å²) in [5.41, 5.74) is 3.78. The van der Waals surface area contributed by atoms with Crippen molar-refractivity contribution in [1.82, 2.24) is 25.1 Å². The third kappa shape index (κ3) is 3.82. The molecule has 3 aromatic rings. The zero-order valence-electron chi connectivity index (χ0n) is 17.2. The van der Waals surface area contributed by atoms with Crippen LogP contribution in [0, 0.1) is 0 Å². The van der Waals surface area contributed by atoms with E-state index < -0.39 is 0 Å². The SMILES string of the molecule is CCCn1nnnc1CN1CCc2cc(OC)c(OC)cc2[C@H]1c1ccccc1. The number of methoxy groups -OCH3 is 2. The quantitative estimate of drug-likeness (QED) is 0.614. The fraction of sp³-hybridized carbons (Fsp3) is 0.409. The summed E-state index contributed by atoms with van der Waals surface area (Å²) in [6, 6.07) is 14.9. The van der Waals surface area contributed by atoms with E-state index in [2.05, 4.69) is 63.7 Å². The topological polar surface area (TPSA) is 65.3 Å².